The highest BCUT2D eigenvalue weighted by atomic mass is 32.1. The van der Waals surface area contributed by atoms with Gasteiger partial charge in [-0.15, -0.1) is 11.3 Å². The number of nitrogens with zero attached hydrogens (tertiary/aromatic N) is 2. The van der Waals surface area contributed by atoms with Gasteiger partial charge in [-0.25, -0.2) is 4.79 Å². The molecule has 2 aromatic heterocycles. The Labute approximate surface area is 156 Å². The topological polar surface area (TPSA) is 82.5 Å². The molecule has 1 saturated carbocycles. The molecule has 1 saturated heterocycles. The minimum absolute atomic E-state index is 0.0421. The van der Waals surface area contributed by atoms with E-state index in [2.05, 4.69) is 10.3 Å². The number of thiophene rings is 1. The first-order chi connectivity index (χ1) is 12.6. The van der Waals surface area contributed by atoms with Crippen molar-refractivity contribution in [2.24, 2.45) is 5.41 Å². The number of rotatable bonds is 2. The van der Waals surface area contributed by atoms with Gasteiger partial charge in [0, 0.05) is 42.5 Å². The van der Waals surface area contributed by atoms with Crippen LogP contribution in [0.3, 0.4) is 0 Å². The van der Waals surface area contributed by atoms with Gasteiger partial charge in [-0.1, -0.05) is 0 Å². The summed E-state index contributed by atoms with van der Waals surface area (Å²) >= 11 is 0.861. The van der Waals surface area contributed by atoms with E-state index >= 15 is 0 Å². The standard InChI is InChI=1S/C17H16F3N3O3S/c1-21-14(24)9-5-27-13-10(17(18,19)20)2-11(22-12(9)13)8-3-16(4-8)6-23(7-16)15(25)26/h2,5,8H,3-4,6-7H2,1H3,(H,21,24)(H,25,26). The van der Waals surface area contributed by atoms with Crippen LogP contribution in [0.1, 0.15) is 40.4 Å². The fourth-order valence-electron chi connectivity index (χ4n) is 4.10. The van der Waals surface area contributed by atoms with Gasteiger partial charge in [0.05, 0.1) is 21.3 Å². The van der Waals surface area contributed by atoms with Crippen LogP contribution in [0, 0.1) is 5.41 Å². The first-order valence-electron chi connectivity index (χ1n) is 8.33. The van der Waals surface area contributed by atoms with E-state index in [4.69, 9.17) is 5.11 Å². The molecular weight excluding hydrogens is 383 g/mol. The van der Waals surface area contributed by atoms with Crippen LogP contribution in [0.4, 0.5) is 18.0 Å². The lowest BCUT2D eigenvalue weighted by Gasteiger charge is -2.58. The van der Waals surface area contributed by atoms with Crippen molar-refractivity contribution in [1.82, 2.24) is 15.2 Å². The highest BCUT2D eigenvalue weighted by Gasteiger charge is 2.54. The molecule has 4 rings (SSSR count). The Morgan fingerprint density at radius 2 is 2.04 bits per heavy atom. The second-order valence-corrected chi connectivity index (χ2v) is 8.12. The van der Waals surface area contributed by atoms with E-state index in [0.29, 0.717) is 31.6 Å². The Hall–Kier alpha value is -2.36. The van der Waals surface area contributed by atoms with Crippen LogP contribution < -0.4 is 5.32 Å². The molecule has 1 spiro atoms. The second-order valence-electron chi connectivity index (χ2n) is 7.24. The zero-order chi connectivity index (χ0) is 19.6. The monoisotopic (exact) mass is 399 g/mol. The molecule has 27 heavy (non-hydrogen) atoms. The number of likely N-dealkylation sites (tertiary alicyclic amines) is 1. The number of carbonyl (C=O) groups is 2. The Morgan fingerprint density at radius 3 is 2.59 bits per heavy atom. The zero-order valence-corrected chi connectivity index (χ0v) is 15.1. The fourth-order valence-corrected chi connectivity index (χ4v) is 5.12. The van der Waals surface area contributed by atoms with Crippen LogP contribution in [-0.4, -0.2) is 47.1 Å². The van der Waals surface area contributed by atoms with Gasteiger partial charge in [0.25, 0.3) is 5.91 Å². The Balaban J connectivity index is 1.68. The summed E-state index contributed by atoms with van der Waals surface area (Å²) in [6.45, 7) is 0.824. The first-order valence-corrected chi connectivity index (χ1v) is 9.21. The molecular formula is C17H16F3N3O3S. The van der Waals surface area contributed by atoms with Crippen molar-refractivity contribution in [3.8, 4) is 0 Å². The zero-order valence-electron chi connectivity index (χ0n) is 14.3. The van der Waals surface area contributed by atoms with Crippen molar-refractivity contribution >= 4 is 33.6 Å². The maximum absolute atomic E-state index is 13.6. The molecule has 0 aromatic carbocycles. The highest BCUT2D eigenvalue weighted by molar-refractivity contribution is 7.17. The van der Waals surface area contributed by atoms with Crippen LogP contribution >= 0.6 is 11.3 Å². The molecule has 3 heterocycles. The Bertz CT molecular complexity index is 942. The van der Waals surface area contributed by atoms with E-state index in [-0.39, 0.29) is 27.1 Å². The summed E-state index contributed by atoms with van der Waals surface area (Å²) in [7, 11) is 1.42. The van der Waals surface area contributed by atoms with E-state index < -0.39 is 23.7 Å². The molecule has 1 aliphatic heterocycles. The molecule has 0 unspecified atom stereocenters. The predicted octanol–water partition coefficient (Wildman–Crippen LogP) is 3.53. The SMILES string of the molecule is CNC(=O)c1csc2c(C(F)(F)F)cc(C3CC4(C3)CN(C(=O)O)C4)nc12. The van der Waals surface area contributed by atoms with E-state index in [1.165, 1.54) is 17.3 Å². The maximum Gasteiger partial charge on any atom is 0.417 e. The Kier molecular flexibility index (Phi) is 3.88. The normalized spacial score (nSPS) is 19.0. The van der Waals surface area contributed by atoms with Crippen molar-refractivity contribution in [3.05, 3.63) is 28.3 Å². The number of hydrogen-bond acceptors (Lipinski definition) is 4. The lowest BCUT2D eigenvalue weighted by atomic mass is 9.57. The molecule has 2 amide bonds. The molecule has 6 nitrogen and oxygen atoms in total. The summed E-state index contributed by atoms with van der Waals surface area (Å²) in [6.07, 6.45) is -4.31. The van der Waals surface area contributed by atoms with E-state index in [9.17, 15) is 22.8 Å². The maximum atomic E-state index is 13.6. The van der Waals surface area contributed by atoms with Gasteiger partial charge in [0.2, 0.25) is 0 Å². The molecule has 1 aliphatic carbocycles. The number of alkyl halides is 3. The number of halogens is 3. The quantitative estimate of drug-likeness (QED) is 0.809. The van der Waals surface area contributed by atoms with Gasteiger partial charge in [-0.2, -0.15) is 13.2 Å². The fraction of sp³-hybridized carbons (Fsp3) is 0.471. The number of carbonyl (C=O) groups excluding carboxylic acids is 1. The summed E-state index contributed by atoms with van der Waals surface area (Å²) in [4.78, 5) is 28.6. The third-order valence-electron chi connectivity index (χ3n) is 5.42. The number of carboxylic acid groups (broad SMARTS) is 1. The summed E-state index contributed by atoms with van der Waals surface area (Å²) < 4.78 is 40.6. The minimum atomic E-state index is -4.54. The average molecular weight is 399 g/mol. The molecule has 0 atom stereocenters. The molecule has 2 aliphatic rings. The summed E-state index contributed by atoms with van der Waals surface area (Å²) in [6, 6.07) is 1.08. The lowest BCUT2D eigenvalue weighted by Crippen LogP contribution is -2.63. The van der Waals surface area contributed by atoms with Crippen LogP contribution in [0.15, 0.2) is 11.4 Å². The van der Waals surface area contributed by atoms with Gasteiger partial charge in [-0.05, 0) is 18.9 Å². The van der Waals surface area contributed by atoms with Crippen molar-refractivity contribution in [1.29, 1.82) is 0 Å². The summed E-state index contributed by atoms with van der Waals surface area (Å²) in [5.74, 6) is -0.635. The molecule has 2 N–H and O–H groups in total. The van der Waals surface area contributed by atoms with Crippen molar-refractivity contribution in [2.75, 3.05) is 20.1 Å². The highest BCUT2D eigenvalue weighted by Crippen LogP contribution is 2.56. The predicted molar refractivity (Wildman–Crippen MR) is 92.0 cm³/mol. The summed E-state index contributed by atoms with van der Waals surface area (Å²) in [5, 5.41) is 12.8. The third-order valence-corrected chi connectivity index (χ3v) is 6.42. The number of aromatic nitrogens is 1. The lowest BCUT2D eigenvalue weighted by molar-refractivity contribution is -0.136. The van der Waals surface area contributed by atoms with Gasteiger partial charge in [0.1, 0.15) is 0 Å². The summed E-state index contributed by atoms with van der Waals surface area (Å²) in [5.41, 5.74) is -0.385. The smallest absolute Gasteiger partial charge is 0.417 e. The van der Waals surface area contributed by atoms with Gasteiger partial charge >= 0.3 is 12.3 Å². The molecule has 2 fully saturated rings. The van der Waals surface area contributed by atoms with Crippen LogP contribution in [-0.2, 0) is 6.18 Å². The minimum Gasteiger partial charge on any atom is -0.465 e. The van der Waals surface area contributed by atoms with Crippen molar-refractivity contribution in [2.45, 2.75) is 24.9 Å². The van der Waals surface area contributed by atoms with Crippen LogP contribution in [0.25, 0.3) is 10.2 Å². The number of amides is 2. The van der Waals surface area contributed by atoms with Crippen molar-refractivity contribution in [3.63, 3.8) is 0 Å². The van der Waals surface area contributed by atoms with Gasteiger partial charge in [0.15, 0.2) is 0 Å². The van der Waals surface area contributed by atoms with Gasteiger partial charge in [-0.3, -0.25) is 9.78 Å². The molecule has 0 bridgehead atoms. The average Bonchev–Trinajstić information content (AvgIpc) is 2.93. The van der Waals surface area contributed by atoms with Crippen LogP contribution in [0.5, 0.6) is 0 Å². The Morgan fingerprint density at radius 1 is 1.37 bits per heavy atom. The number of hydrogen-bond donors (Lipinski definition) is 2. The number of pyridine rings is 1. The number of fused-ring (bicyclic) bond motifs is 1. The van der Waals surface area contributed by atoms with E-state index in [0.717, 1.165) is 17.4 Å². The van der Waals surface area contributed by atoms with Crippen molar-refractivity contribution < 1.29 is 27.9 Å². The van der Waals surface area contributed by atoms with Crippen LogP contribution in [0.2, 0.25) is 0 Å². The number of nitrogens with one attached hydrogen (secondary N) is 1. The molecule has 2 aromatic rings. The third kappa shape index (κ3) is 2.82. The molecule has 144 valence electrons. The first kappa shape index (κ1) is 18.0. The van der Waals surface area contributed by atoms with E-state index in [1.807, 2.05) is 0 Å². The van der Waals surface area contributed by atoms with Gasteiger partial charge < -0.3 is 15.3 Å². The second kappa shape index (κ2) is 5.82. The largest absolute Gasteiger partial charge is 0.465 e. The molecule has 10 heteroatoms. The molecule has 0 radical (unpaired) electrons. The van der Waals surface area contributed by atoms with E-state index in [1.54, 1.807) is 0 Å².